The summed E-state index contributed by atoms with van der Waals surface area (Å²) in [6.45, 7) is 11.2. The van der Waals surface area contributed by atoms with Gasteiger partial charge in [-0.05, 0) is 46.0 Å². The standard InChI is InChI=1S/C20H35N3O2/c1-13(2)11-12-25-18-10-8-7-9-17(18)21-20(24)14(3)19-15(4)22-23(6)16(19)5/h13-14,17-18H,7-12H2,1-6H3,(H,21,24)/t14-,17+,18-/m0/s1. The predicted octanol–water partition coefficient (Wildman–Crippen LogP) is 3.63. The van der Waals surface area contributed by atoms with Crippen LogP contribution in [0.2, 0.25) is 0 Å². The Morgan fingerprint density at radius 1 is 1.28 bits per heavy atom. The SMILES string of the molecule is Cc1nn(C)c(C)c1[C@H](C)C(=O)N[C@@H]1CCCC[C@@H]1OCCC(C)C. The fourth-order valence-electron chi connectivity index (χ4n) is 3.77. The van der Waals surface area contributed by atoms with Gasteiger partial charge in [-0.25, -0.2) is 0 Å². The molecule has 1 aromatic heterocycles. The lowest BCUT2D eigenvalue weighted by molar-refractivity contribution is -0.124. The third-order valence-electron chi connectivity index (χ3n) is 5.45. The van der Waals surface area contributed by atoms with Crippen molar-refractivity contribution in [3.8, 4) is 0 Å². The molecule has 142 valence electrons. The van der Waals surface area contributed by atoms with Crippen molar-refractivity contribution in [2.24, 2.45) is 13.0 Å². The van der Waals surface area contributed by atoms with Crippen LogP contribution in [0.15, 0.2) is 0 Å². The fraction of sp³-hybridized carbons (Fsp3) is 0.800. The molecule has 1 aliphatic carbocycles. The van der Waals surface area contributed by atoms with E-state index >= 15 is 0 Å². The summed E-state index contributed by atoms with van der Waals surface area (Å²) in [5, 5.41) is 7.71. The highest BCUT2D eigenvalue weighted by Gasteiger charge is 2.30. The Hall–Kier alpha value is -1.36. The van der Waals surface area contributed by atoms with Crippen molar-refractivity contribution in [2.75, 3.05) is 6.61 Å². The summed E-state index contributed by atoms with van der Waals surface area (Å²) >= 11 is 0. The zero-order valence-corrected chi connectivity index (χ0v) is 16.8. The van der Waals surface area contributed by atoms with Gasteiger partial charge in [0, 0.05) is 24.9 Å². The molecule has 1 heterocycles. The van der Waals surface area contributed by atoms with E-state index in [1.807, 2.05) is 32.5 Å². The molecule has 1 saturated carbocycles. The number of ether oxygens (including phenoxy) is 1. The van der Waals surface area contributed by atoms with Gasteiger partial charge in [0.1, 0.15) is 0 Å². The van der Waals surface area contributed by atoms with Gasteiger partial charge in [0.25, 0.3) is 0 Å². The average molecular weight is 350 g/mol. The summed E-state index contributed by atoms with van der Waals surface area (Å²) in [6.07, 6.45) is 5.63. The van der Waals surface area contributed by atoms with E-state index < -0.39 is 0 Å². The number of nitrogens with one attached hydrogen (secondary N) is 1. The second-order valence-corrected chi connectivity index (χ2v) is 7.92. The molecular weight excluding hydrogens is 314 g/mol. The van der Waals surface area contributed by atoms with Gasteiger partial charge in [-0.3, -0.25) is 9.48 Å². The minimum Gasteiger partial charge on any atom is -0.376 e. The highest BCUT2D eigenvalue weighted by molar-refractivity contribution is 5.84. The first-order chi connectivity index (χ1) is 11.8. The number of nitrogens with zero attached hydrogens (tertiary/aromatic N) is 2. The first-order valence-electron chi connectivity index (χ1n) is 9.73. The number of carbonyl (C=O) groups is 1. The van der Waals surface area contributed by atoms with Crippen molar-refractivity contribution in [2.45, 2.75) is 84.8 Å². The molecule has 3 atom stereocenters. The number of hydrogen-bond acceptors (Lipinski definition) is 3. The van der Waals surface area contributed by atoms with E-state index in [4.69, 9.17) is 4.74 Å². The average Bonchev–Trinajstić information content (AvgIpc) is 2.80. The van der Waals surface area contributed by atoms with Gasteiger partial charge in [-0.2, -0.15) is 5.10 Å². The van der Waals surface area contributed by atoms with E-state index in [1.54, 1.807) is 0 Å². The number of hydrogen-bond donors (Lipinski definition) is 1. The van der Waals surface area contributed by atoms with Crippen LogP contribution in [0.25, 0.3) is 0 Å². The van der Waals surface area contributed by atoms with Crippen molar-refractivity contribution < 1.29 is 9.53 Å². The fourth-order valence-corrected chi connectivity index (χ4v) is 3.77. The molecule has 25 heavy (non-hydrogen) atoms. The molecule has 0 aliphatic heterocycles. The first kappa shape index (κ1) is 20.0. The number of aromatic nitrogens is 2. The van der Waals surface area contributed by atoms with Crippen molar-refractivity contribution in [1.29, 1.82) is 0 Å². The summed E-state index contributed by atoms with van der Waals surface area (Å²) in [6, 6.07) is 0.133. The van der Waals surface area contributed by atoms with Crippen LogP contribution in [0.5, 0.6) is 0 Å². The van der Waals surface area contributed by atoms with Gasteiger partial charge in [0.15, 0.2) is 0 Å². The maximum atomic E-state index is 12.8. The molecule has 1 amide bonds. The lowest BCUT2D eigenvalue weighted by Crippen LogP contribution is -2.47. The quantitative estimate of drug-likeness (QED) is 0.818. The zero-order chi connectivity index (χ0) is 18.6. The topological polar surface area (TPSA) is 56.2 Å². The number of carbonyl (C=O) groups excluding carboxylic acids is 1. The van der Waals surface area contributed by atoms with Crippen LogP contribution in [-0.4, -0.2) is 34.4 Å². The lowest BCUT2D eigenvalue weighted by Gasteiger charge is -2.33. The van der Waals surface area contributed by atoms with E-state index in [0.29, 0.717) is 5.92 Å². The van der Waals surface area contributed by atoms with Crippen LogP contribution in [0.1, 0.15) is 75.7 Å². The molecule has 1 N–H and O–H groups in total. The van der Waals surface area contributed by atoms with E-state index in [9.17, 15) is 4.79 Å². The molecule has 1 fully saturated rings. The van der Waals surface area contributed by atoms with Gasteiger partial charge < -0.3 is 10.1 Å². The second-order valence-electron chi connectivity index (χ2n) is 7.92. The molecule has 0 saturated heterocycles. The Kier molecular flexibility index (Phi) is 7.05. The third kappa shape index (κ3) is 5.06. The third-order valence-corrected chi connectivity index (χ3v) is 5.45. The summed E-state index contributed by atoms with van der Waals surface area (Å²) in [7, 11) is 1.93. The number of rotatable bonds is 7. The van der Waals surface area contributed by atoms with E-state index in [2.05, 4.69) is 24.3 Å². The lowest BCUT2D eigenvalue weighted by atomic mass is 9.91. The van der Waals surface area contributed by atoms with E-state index in [-0.39, 0.29) is 24.0 Å². The van der Waals surface area contributed by atoms with Gasteiger partial charge in [0.2, 0.25) is 5.91 Å². The van der Waals surface area contributed by atoms with Crippen LogP contribution in [0, 0.1) is 19.8 Å². The molecular formula is C20H35N3O2. The zero-order valence-electron chi connectivity index (χ0n) is 16.8. The van der Waals surface area contributed by atoms with Crippen molar-refractivity contribution in [3.05, 3.63) is 17.0 Å². The van der Waals surface area contributed by atoms with Gasteiger partial charge in [-0.1, -0.05) is 26.7 Å². The molecule has 0 spiro atoms. The molecule has 5 nitrogen and oxygen atoms in total. The van der Waals surface area contributed by atoms with Gasteiger partial charge in [-0.15, -0.1) is 0 Å². The van der Waals surface area contributed by atoms with Crippen LogP contribution < -0.4 is 5.32 Å². The molecule has 0 radical (unpaired) electrons. The maximum Gasteiger partial charge on any atom is 0.227 e. The molecule has 0 bridgehead atoms. The van der Waals surface area contributed by atoms with Crippen LogP contribution in [-0.2, 0) is 16.6 Å². The number of amides is 1. The van der Waals surface area contributed by atoms with E-state index in [1.165, 1.54) is 6.42 Å². The predicted molar refractivity (Wildman–Crippen MR) is 101 cm³/mol. The van der Waals surface area contributed by atoms with Gasteiger partial charge >= 0.3 is 0 Å². The van der Waals surface area contributed by atoms with E-state index in [0.717, 1.165) is 49.2 Å². The Bertz CT molecular complexity index is 580. The monoisotopic (exact) mass is 349 g/mol. The minimum atomic E-state index is -0.188. The minimum absolute atomic E-state index is 0.0866. The largest absolute Gasteiger partial charge is 0.376 e. The molecule has 0 unspecified atom stereocenters. The highest BCUT2D eigenvalue weighted by atomic mass is 16.5. The van der Waals surface area contributed by atoms with Crippen molar-refractivity contribution >= 4 is 5.91 Å². The highest BCUT2D eigenvalue weighted by Crippen LogP contribution is 2.26. The molecule has 0 aromatic carbocycles. The van der Waals surface area contributed by atoms with Gasteiger partial charge in [0.05, 0.1) is 23.8 Å². The van der Waals surface area contributed by atoms with Crippen LogP contribution in [0.3, 0.4) is 0 Å². The summed E-state index contributed by atoms with van der Waals surface area (Å²) in [4.78, 5) is 12.8. The first-order valence-corrected chi connectivity index (χ1v) is 9.73. The maximum absolute atomic E-state index is 12.8. The molecule has 5 heteroatoms. The van der Waals surface area contributed by atoms with Crippen LogP contribution >= 0.6 is 0 Å². The smallest absolute Gasteiger partial charge is 0.227 e. The summed E-state index contributed by atoms with van der Waals surface area (Å²) < 4.78 is 7.97. The Morgan fingerprint density at radius 2 is 1.96 bits per heavy atom. The Balaban J connectivity index is 1.99. The second kappa shape index (κ2) is 8.84. The molecule has 1 aliphatic rings. The number of aryl methyl sites for hydroxylation is 2. The molecule has 1 aromatic rings. The summed E-state index contributed by atoms with van der Waals surface area (Å²) in [5.74, 6) is 0.545. The Morgan fingerprint density at radius 3 is 2.56 bits per heavy atom. The summed E-state index contributed by atoms with van der Waals surface area (Å²) in [5.41, 5.74) is 3.05. The van der Waals surface area contributed by atoms with Crippen molar-refractivity contribution in [3.63, 3.8) is 0 Å². The van der Waals surface area contributed by atoms with Crippen molar-refractivity contribution in [1.82, 2.24) is 15.1 Å². The Labute approximate surface area is 152 Å². The molecule has 2 rings (SSSR count). The normalized spacial score (nSPS) is 22.2. The van der Waals surface area contributed by atoms with Crippen LogP contribution in [0.4, 0.5) is 0 Å².